The SMILES string of the molecule is Cc1noc(C)c1COc1cccc(C(=O)NCCC(c2ccccc2)c2ccccc2)c1. The number of hydrogen-bond acceptors (Lipinski definition) is 4. The second kappa shape index (κ2) is 10.6. The van der Waals surface area contributed by atoms with E-state index in [4.69, 9.17) is 9.26 Å². The molecule has 0 unspecified atom stereocenters. The zero-order valence-corrected chi connectivity index (χ0v) is 19.0. The van der Waals surface area contributed by atoms with Crippen molar-refractivity contribution < 1.29 is 14.1 Å². The number of amides is 1. The average Bonchev–Trinajstić information content (AvgIpc) is 3.18. The third-order valence-corrected chi connectivity index (χ3v) is 5.78. The van der Waals surface area contributed by atoms with Crippen LogP contribution in [0.3, 0.4) is 0 Å². The highest BCUT2D eigenvalue weighted by atomic mass is 16.5. The molecule has 0 aliphatic carbocycles. The van der Waals surface area contributed by atoms with Crippen molar-refractivity contribution in [1.82, 2.24) is 10.5 Å². The summed E-state index contributed by atoms with van der Waals surface area (Å²) in [6.07, 6.45) is 0.808. The minimum Gasteiger partial charge on any atom is -0.489 e. The molecular weight excluding hydrogens is 412 g/mol. The molecule has 0 aliphatic heterocycles. The van der Waals surface area contributed by atoms with Gasteiger partial charge in [0.05, 0.1) is 11.3 Å². The zero-order valence-electron chi connectivity index (χ0n) is 19.0. The van der Waals surface area contributed by atoms with Crippen LogP contribution in [0.2, 0.25) is 0 Å². The first-order chi connectivity index (χ1) is 16.1. The van der Waals surface area contributed by atoms with Crippen molar-refractivity contribution in [3.8, 4) is 5.75 Å². The lowest BCUT2D eigenvalue weighted by Crippen LogP contribution is -2.25. The van der Waals surface area contributed by atoms with Crippen molar-refractivity contribution >= 4 is 5.91 Å². The van der Waals surface area contributed by atoms with Gasteiger partial charge in [-0.05, 0) is 49.6 Å². The summed E-state index contributed by atoms with van der Waals surface area (Å²) >= 11 is 0. The lowest BCUT2D eigenvalue weighted by molar-refractivity contribution is 0.0952. The Morgan fingerprint density at radius 2 is 1.61 bits per heavy atom. The number of rotatable bonds is 9. The van der Waals surface area contributed by atoms with Crippen LogP contribution in [0.15, 0.2) is 89.5 Å². The predicted octanol–water partition coefficient (Wildman–Crippen LogP) is 5.82. The Hall–Kier alpha value is -3.86. The van der Waals surface area contributed by atoms with E-state index in [9.17, 15) is 4.79 Å². The first kappa shape index (κ1) is 22.3. The first-order valence-corrected chi connectivity index (χ1v) is 11.1. The van der Waals surface area contributed by atoms with Crippen LogP contribution in [0, 0.1) is 13.8 Å². The Bertz CT molecular complexity index is 1130. The van der Waals surface area contributed by atoms with E-state index in [1.165, 1.54) is 11.1 Å². The molecule has 3 aromatic carbocycles. The number of carbonyl (C=O) groups is 1. The van der Waals surface area contributed by atoms with Crippen LogP contribution in [0.1, 0.15) is 50.8 Å². The number of nitrogens with zero attached hydrogens (tertiary/aromatic N) is 1. The summed E-state index contributed by atoms with van der Waals surface area (Å²) < 4.78 is 11.1. The molecular formula is C28H28N2O3. The van der Waals surface area contributed by atoms with E-state index < -0.39 is 0 Å². The van der Waals surface area contributed by atoms with Crippen LogP contribution in [-0.2, 0) is 6.61 Å². The Labute approximate surface area is 194 Å². The molecule has 4 aromatic rings. The smallest absolute Gasteiger partial charge is 0.251 e. The van der Waals surface area contributed by atoms with Crippen molar-refractivity contribution in [1.29, 1.82) is 0 Å². The summed E-state index contributed by atoms with van der Waals surface area (Å²) in [5.41, 5.74) is 4.80. The molecule has 0 radical (unpaired) electrons. The summed E-state index contributed by atoms with van der Waals surface area (Å²) in [5.74, 6) is 1.48. The number of aromatic nitrogens is 1. The second-order valence-corrected chi connectivity index (χ2v) is 8.04. The van der Waals surface area contributed by atoms with Gasteiger partial charge in [0.25, 0.3) is 5.91 Å². The molecule has 0 aliphatic rings. The summed E-state index contributed by atoms with van der Waals surface area (Å²) in [6, 6.07) is 28.0. The minimum atomic E-state index is -0.113. The van der Waals surface area contributed by atoms with E-state index in [-0.39, 0.29) is 11.8 Å². The highest BCUT2D eigenvalue weighted by Crippen LogP contribution is 2.27. The number of carbonyl (C=O) groups excluding carboxylic acids is 1. The topological polar surface area (TPSA) is 64.4 Å². The summed E-state index contributed by atoms with van der Waals surface area (Å²) in [4.78, 5) is 12.8. The van der Waals surface area contributed by atoms with Crippen LogP contribution < -0.4 is 10.1 Å². The first-order valence-electron chi connectivity index (χ1n) is 11.1. The van der Waals surface area contributed by atoms with E-state index in [2.05, 4.69) is 59.0 Å². The molecule has 1 N–H and O–H groups in total. The van der Waals surface area contributed by atoms with Crippen molar-refractivity contribution in [2.24, 2.45) is 0 Å². The molecule has 168 valence electrons. The molecule has 0 saturated heterocycles. The molecule has 1 aromatic heterocycles. The summed E-state index contributed by atoms with van der Waals surface area (Å²) in [6.45, 7) is 4.66. The van der Waals surface area contributed by atoms with Crippen LogP contribution in [-0.4, -0.2) is 17.6 Å². The molecule has 5 nitrogen and oxygen atoms in total. The molecule has 0 atom stereocenters. The van der Waals surface area contributed by atoms with Gasteiger partial charge in [0.1, 0.15) is 18.1 Å². The number of ether oxygens (including phenoxy) is 1. The molecule has 1 heterocycles. The zero-order chi connectivity index (χ0) is 23.0. The molecule has 1 amide bonds. The van der Waals surface area contributed by atoms with Crippen LogP contribution in [0.4, 0.5) is 0 Å². The van der Waals surface area contributed by atoms with Crippen LogP contribution in [0.5, 0.6) is 5.75 Å². The fourth-order valence-corrected chi connectivity index (χ4v) is 3.92. The summed E-state index contributed by atoms with van der Waals surface area (Å²) in [7, 11) is 0. The molecule has 0 spiro atoms. The van der Waals surface area contributed by atoms with Gasteiger partial charge in [0, 0.05) is 18.0 Å². The van der Waals surface area contributed by atoms with E-state index in [1.54, 1.807) is 12.1 Å². The van der Waals surface area contributed by atoms with Gasteiger partial charge in [-0.2, -0.15) is 0 Å². The van der Waals surface area contributed by atoms with Gasteiger partial charge in [0.15, 0.2) is 0 Å². The molecule has 4 rings (SSSR count). The van der Waals surface area contributed by atoms with Crippen molar-refractivity contribution in [3.63, 3.8) is 0 Å². The van der Waals surface area contributed by atoms with Gasteiger partial charge in [-0.15, -0.1) is 0 Å². The molecule has 0 bridgehead atoms. The van der Waals surface area contributed by atoms with Gasteiger partial charge in [0.2, 0.25) is 0 Å². The molecule has 0 saturated carbocycles. The second-order valence-electron chi connectivity index (χ2n) is 8.04. The van der Waals surface area contributed by atoms with E-state index in [0.29, 0.717) is 24.5 Å². The average molecular weight is 441 g/mol. The fourth-order valence-electron chi connectivity index (χ4n) is 3.92. The third kappa shape index (κ3) is 5.69. The minimum absolute atomic E-state index is 0.113. The lowest BCUT2D eigenvalue weighted by atomic mass is 9.88. The maximum Gasteiger partial charge on any atom is 0.251 e. The van der Waals surface area contributed by atoms with E-state index in [0.717, 1.165) is 23.4 Å². The third-order valence-electron chi connectivity index (χ3n) is 5.78. The van der Waals surface area contributed by atoms with Crippen molar-refractivity contribution in [2.45, 2.75) is 32.8 Å². The summed E-state index contributed by atoms with van der Waals surface area (Å²) in [5, 5.41) is 7.01. The van der Waals surface area contributed by atoms with Crippen LogP contribution in [0.25, 0.3) is 0 Å². The van der Waals surface area contributed by atoms with Gasteiger partial charge in [-0.1, -0.05) is 71.9 Å². The molecule has 33 heavy (non-hydrogen) atoms. The van der Waals surface area contributed by atoms with Gasteiger partial charge >= 0.3 is 0 Å². The normalized spacial score (nSPS) is 10.9. The Morgan fingerprint density at radius 3 is 2.21 bits per heavy atom. The van der Waals surface area contributed by atoms with Crippen molar-refractivity contribution in [2.75, 3.05) is 6.54 Å². The number of benzene rings is 3. The van der Waals surface area contributed by atoms with Gasteiger partial charge in [-0.25, -0.2) is 0 Å². The van der Waals surface area contributed by atoms with Gasteiger partial charge in [-0.3, -0.25) is 4.79 Å². The highest BCUT2D eigenvalue weighted by molar-refractivity contribution is 5.94. The quantitative estimate of drug-likeness (QED) is 0.356. The maximum atomic E-state index is 12.8. The van der Waals surface area contributed by atoms with Gasteiger partial charge < -0.3 is 14.6 Å². The number of hydrogen-bond donors (Lipinski definition) is 1. The fraction of sp³-hybridized carbons (Fsp3) is 0.214. The lowest BCUT2D eigenvalue weighted by Gasteiger charge is -2.18. The molecule has 0 fully saturated rings. The maximum absolute atomic E-state index is 12.8. The predicted molar refractivity (Wildman–Crippen MR) is 128 cm³/mol. The Morgan fingerprint density at radius 1 is 0.939 bits per heavy atom. The molecule has 5 heteroatoms. The largest absolute Gasteiger partial charge is 0.489 e. The Balaban J connectivity index is 1.37. The highest BCUT2D eigenvalue weighted by Gasteiger charge is 2.15. The standard InChI is InChI=1S/C28H28N2O3/c1-20-27(21(2)33-30-20)19-32-25-15-9-14-24(18-25)28(31)29-17-16-26(22-10-5-3-6-11-22)23-12-7-4-8-13-23/h3-15,18,26H,16-17,19H2,1-2H3,(H,29,31). The Kier molecular flexibility index (Phi) is 7.20. The number of nitrogens with one attached hydrogen (secondary N) is 1. The van der Waals surface area contributed by atoms with Crippen molar-refractivity contribution in [3.05, 3.63) is 119 Å². The monoisotopic (exact) mass is 440 g/mol. The van der Waals surface area contributed by atoms with E-state index in [1.807, 2.05) is 38.1 Å². The number of aryl methyl sites for hydroxylation is 2. The van der Waals surface area contributed by atoms with Crippen LogP contribution >= 0.6 is 0 Å². The van der Waals surface area contributed by atoms with E-state index >= 15 is 0 Å².